The Kier molecular flexibility index (Phi) is 6.79. The van der Waals surface area contributed by atoms with Crippen LogP contribution >= 0.6 is 11.6 Å². The highest BCUT2D eigenvalue weighted by atomic mass is 35.5. The predicted octanol–water partition coefficient (Wildman–Crippen LogP) is 1.49. The maximum absolute atomic E-state index is 6.25. The molecule has 1 atom stereocenters. The number of nitrogens with two attached hydrogens (primary N) is 1. The second-order valence-corrected chi connectivity index (χ2v) is 5.22. The third-order valence-corrected chi connectivity index (χ3v) is 4.12. The van der Waals surface area contributed by atoms with Crippen LogP contribution in [0.25, 0.3) is 0 Å². The Morgan fingerprint density at radius 2 is 2.05 bits per heavy atom. The summed E-state index contributed by atoms with van der Waals surface area (Å²) in [7, 11) is 1.86. The number of hydrogen-bond acceptors (Lipinski definition) is 4. The van der Waals surface area contributed by atoms with E-state index in [4.69, 9.17) is 17.4 Å². The third kappa shape index (κ3) is 4.45. The maximum atomic E-state index is 6.25. The summed E-state index contributed by atoms with van der Waals surface area (Å²) >= 11 is 6.25. The number of hydrogen-bond donors (Lipinski definition) is 2. The van der Waals surface area contributed by atoms with Crippen molar-refractivity contribution in [3.8, 4) is 0 Å². The zero-order valence-corrected chi connectivity index (χ0v) is 13.2. The van der Waals surface area contributed by atoms with Crippen LogP contribution in [0.3, 0.4) is 0 Å². The molecule has 0 aliphatic rings. The van der Waals surface area contributed by atoms with Gasteiger partial charge in [0.1, 0.15) is 5.15 Å². The van der Waals surface area contributed by atoms with E-state index >= 15 is 0 Å². The van der Waals surface area contributed by atoms with Gasteiger partial charge in [0.15, 0.2) is 0 Å². The molecule has 0 aliphatic heterocycles. The topological polar surface area (TPSA) is 59.1 Å². The van der Waals surface area contributed by atoms with Crippen LogP contribution in [0, 0.1) is 6.92 Å². The van der Waals surface area contributed by atoms with Gasteiger partial charge in [-0.25, -0.2) is 0 Å². The van der Waals surface area contributed by atoms with Crippen LogP contribution in [-0.2, 0) is 13.5 Å². The summed E-state index contributed by atoms with van der Waals surface area (Å²) in [5.41, 5.74) is 4.97. The van der Waals surface area contributed by atoms with Crippen molar-refractivity contribution in [3.05, 3.63) is 16.4 Å². The van der Waals surface area contributed by atoms with Crippen molar-refractivity contribution in [2.24, 2.45) is 12.9 Å². The highest BCUT2D eigenvalue weighted by Gasteiger charge is 2.16. The van der Waals surface area contributed by atoms with Crippen molar-refractivity contribution in [2.75, 3.05) is 19.6 Å². The molecule has 6 heteroatoms. The zero-order chi connectivity index (χ0) is 14.4. The summed E-state index contributed by atoms with van der Waals surface area (Å²) in [6, 6.07) is 0.223. The van der Waals surface area contributed by atoms with Gasteiger partial charge in [0.05, 0.1) is 5.69 Å². The maximum Gasteiger partial charge on any atom is 0.130 e. The van der Waals surface area contributed by atoms with Gasteiger partial charge in [-0.3, -0.25) is 16.0 Å². The normalized spacial score (nSPS) is 13.2. The molecule has 0 amide bonds. The Balaban J connectivity index is 2.61. The number of rotatable bonds is 8. The van der Waals surface area contributed by atoms with E-state index in [0.29, 0.717) is 5.15 Å². The molecule has 0 radical (unpaired) electrons. The van der Waals surface area contributed by atoms with Crippen molar-refractivity contribution in [3.63, 3.8) is 0 Å². The first kappa shape index (κ1) is 16.4. The Labute approximate surface area is 121 Å². The second kappa shape index (κ2) is 7.85. The Morgan fingerprint density at radius 1 is 1.42 bits per heavy atom. The molecule has 0 aliphatic carbocycles. The highest BCUT2D eigenvalue weighted by molar-refractivity contribution is 6.30. The summed E-state index contributed by atoms with van der Waals surface area (Å²) < 4.78 is 1.71. The summed E-state index contributed by atoms with van der Waals surface area (Å²) in [6.07, 6.45) is 1.82. The molecule has 0 bridgehead atoms. The molecule has 1 aromatic rings. The fourth-order valence-electron chi connectivity index (χ4n) is 2.27. The predicted molar refractivity (Wildman–Crippen MR) is 80.2 cm³/mol. The third-order valence-electron chi connectivity index (χ3n) is 3.64. The molecular formula is C13H26ClN5. The van der Waals surface area contributed by atoms with Gasteiger partial charge in [-0.05, 0) is 39.4 Å². The fourth-order valence-corrected chi connectivity index (χ4v) is 2.53. The van der Waals surface area contributed by atoms with Crippen LogP contribution < -0.4 is 11.3 Å². The van der Waals surface area contributed by atoms with Gasteiger partial charge in [0, 0.05) is 18.7 Å². The molecule has 1 unspecified atom stereocenters. The number of nitrogens with zero attached hydrogens (tertiary/aromatic N) is 3. The highest BCUT2D eigenvalue weighted by Crippen LogP contribution is 2.20. The van der Waals surface area contributed by atoms with Crippen molar-refractivity contribution in [1.29, 1.82) is 0 Å². The van der Waals surface area contributed by atoms with Crippen LogP contribution in [0.1, 0.15) is 31.5 Å². The Morgan fingerprint density at radius 3 is 2.47 bits per heavy atom. The number of aromatic nitrogens is 2. The first-order chi connectivity index (χ1) is 9.03. The lowest BCUT2D eigenvalue weighted by Gasteiger charge is -2.22. The molecule has 0 saturated heterocycles. The first-order valence-electron chi connectivity index (χ1n) is 6.89. The van der Waals surface area contributed by atoms with E-state index in [-0.39, 0.29) is 6.04 Å². The molecular weight excluding hydrogens is 262 g/mol. The molecule has 0 aromatic carbocycles. The van der Waals surface area contributed by atoms with Crippen LogP contribution in [0.2, 0.25) is 5.15 Å². The lowest BCUT2D eigenvalue weighted by atomic mass is 10.0. The van der Waals surface area contributed by atoms with Crippen LogP contribution in [-0.4, -0.2) is 40.4 Å². The zero-order valence-electron chi connectivity index (χ0n) is 12.4. The van der Waals surface area contributed by atoms with Crippen molar-refractivity contribution in [1.82, 2.24) is 20.1 Å². The molecule has 1 heterocycles. The van der Waals surface area contributed by atoms with Gasteiger partial charge in [-0.2, -0.15) is 5.10 Å². The average molecular weight is 288 g/mol. The number of hydrazine groups is 1. The molecule has 1 rings (SSSR count). The molecule has 0 spiro atoms. The Bertz CT molecular complexity index is 387. The summed E-state index contributed by atoms with van der Waals surface area (Å²) in [5.74, 6) is 5.66. The van der Waals surface area contributed by atoms with Crippen LogP contribution in [0.15, 0.2) is 0 Å². The quantitative estimate of drug-likeness (QED) is 0.562. The number of nitrogens with one attached hydrogen (secondary N) is 1. The fraction of sp³-hybridized carbons (Fsp3) is 0.769. The molecule has 3 N–H and O–H groups in total. The summed E-state index contributed by atoms with van der Waals surface area (Å²) in [6.45, 7) is 9.52. The van der Waals surface area contributed by atoms with Gasteiger partial charge >= 0.3 is 0 Å². The second-order valence-electron chi connectivity index (χ2n) is 4.86. The monoisotopic (exact) mass is 287 g/mol. The van der Waals surface area contributed by atoms with E-state index < -0.39 is 0 Å². The average Bonchev–Trinajstić information content (AvgIpc) is 2.64. The van der Waals surface area contributed by atoms with E-state index in [0.717, 1.165) is 43.7 Å². The lowest BCUT2D eigenvalue weighted by molar-refractivity contribution is 0.280. The molecule has 1 aromatic heterocycles. The van der Waals surface area contributed by atoms with Crippen LogP contribution in [0.5, 0.6) is 0 Å². The van der Waals surface area contributed by atoms with Crippen molar-refractivity contribution >= 4 is 11.6 Å². The van der Waals surface area contributed by atoms with Crippen molar-refractivity contribution in [2.45, 2.75) is 39.7 Å². The number of aryl methyl sites for hydroxylation is 2. The van der Waals surface area contributed by atoms with Gasteiger partial charge in [-0.1, -0.05) is 25.4 Å². The SMILES string of the molecule is CCN(CC)CCC(Cc1c(C)nn(C)c1Cl)NN. The van der Waals surface area contributed by atoms with Crippen LogP contribution in [0.4, 0.5) is 0 Å². The minimum atomic E-state index is 0.223. The standard InChI is InChI=1S/C13H26ClN5/c1-5-19(6-2)8-7-11(16-15)9-12-10(3)17-18(4)13(12)14/h11,16H,5-9,15H2,1-4H3. The summed E-state index contributed by atoms with van der Waals surface area (Å²) in [4.78, 5) is 2.39. The van der Waals surface area contributed by atoms with Gasteiger partial charge in [-0.15, -0.1) is 0 Å². The van der Waals surface area contributed by atoms with Gasteiger partial charge in [0.2, 0.25) is 0 Å². The summed E-state index contributed by atoms with van der Waals surface area (Å²) in [5, 5.41) is 5.04. The molecule has 5 nitrogen and oxygen atoms in total. The number of halogens is 1. The van der Waals surface area contributed by atoms with E-state index in [1.54, 1.807) is 4.68 Å². The largest absolute Gasteiger partial charge is 0.304 e. The Hall–Kier alpha value is -0.620. The first-order valence-corrected chi connectivity index (χ1v) is 7.27. The van der Waals surface area contributed by atoms with E-state index in [9.17, 15) is 0 Å². The van der Waals surface area contributed by atoms with Gasteiger partial charge < -0.3 is 4.90 Å². The molecule has 0 fully saturated rings. The molecule has 19 heavy (non-hydrogen) atoms. The smallest absolute Gasteiger partial charge is 0.130 e. The molecule has 110 valence electrons. The molecule has 0 saturated carbocycles. The van der Waals surface area contributed by atoms with Crippen molar-refractivity contribution < 1.29 is 0 Å². The van der Waals surface area contributed by atoms with E-state index in [1.807, 2.05) is 14.0 Å². The van der Waals surface area contributed by atoms with E-state index in [1.165, 1.54) is 0 Å². The lowest BCUT2D eigenvalue weighted by Crippen LogP contribution is -2.40. The minimum Gasteiger partial charge on any atom is -0.304 e. The van der Waals surface area contributed by atoms with Gasteiger partial charge in [0.25, 0.3) is 0 Å². The van der Waals surface area contributed by atoms with E-state index in [2.05, 4.69) is 29.3 Å². The minimum absolute atomic E-state index is 0.223.